The van der Waals surface area contributed by atoms with Gasteiger partial charge in [-0.2, -0.15) is 0 Å². The summed E-state index contributed by atoms with van der Waals surface area (Å²) in [5, 5.41) is 3.27. The second kappa shape index (κ2) is 6.03. The van der Waals surface area contributed by atoms with Gasteiger partial charge < -0.3 is 19.4 Å². The average Bonchev–Trinajstić information content (AvgIpc) is 2.86. The zero-order valence-electron chi connectivity index (χ0n) is 13.0. The Kier molecular flexibility index (Phi) is 4.12. The Hall–Kier alpha value is -1.59. The molecule has 1 aliphatic rings. The minimum atomic E-state index is 0.250. The van der Waals surface area contributed by atoms with Crippen LogP contribution < -0.4 is 10.2 Å². The molecule has 0 amide bonds. The number of nitrogens with zero attached hydrogens (tertiary/aromatic N) is 3. The second-order valence-corrected chi connectivity index (χ2v) is 5.70. The first-order chi connectivity index (χ1) is 10.2. The number of anilines is 1. The molecule has 5 nitrogen and oxygen atoms in total. The molecule has 2 unspecified atom stereocenters. The van der Waals surface area contributed by atoms with Gasteiger partial charge in [0.15, 0.2) is 5.82 Å². The summed E-state index contributed by atoms with van der Waals surface area (Å²) < 4.78 is 7.99. The quantitative estimate of drug-likeness (QED) is 0.935. The third-order valence-electron chi connectivity index (χ3n) is 4.16. The van der Waals surface area contributed by atoms with E-state index >= 15 is 0 Å². The first kappa shape index (κ1) is 14.4. The molecule has 3 rings (SSSR count). The predicted octanol–water partition coefficient (Wildman–Crippen LogP) is 2.06. The monoisotopic (exact) mass is 288 g/mol. The minimum absolute atomic E-state index is 0.250. The van der Waals surface area contributed by atoms with Crippen molar-refractivity contribution in [2.75, 3.05) is 25.1 Å². The Balaban J connectivity index is 2.06. The van der Waals surface area contributed by atoms with Crippen molar-refractivity contribution >= 4 is 11.5 Å². The zero-order chi connectivity index (χ0) is 14.8. The fourth-order valence-corrected chi connectivity index (χ4v) is 3.04. The lowest BCUT2D eigenvalue weighted by molar-refractivity contribution is 0.0296. The van der Waals surface area contributed by atoms with Crippen LogP contribution in [0.5, 0.6) is 0 Å². The molecule has 0 aromatic carbocycles. The third-order valence-corrected chi connectivity index (χ3v) is 4.16. The Morgan fingerprint density at radius 1 is 1.43 bits per heavy atom. The largest absolute Gasteiger partial charge is 0.375 e. The molecule has 1 saturated heterocycles. The number of hydrogen-bond acceptors (Lipinski definition) is 4. The summed E-state index contributed by atoms with van der Waals surface area (Å²) in [7, 11) is 1.98. The van der Waals surface area contributed by atoms with Crippen LogP contribution in [0.1, 0.15) is 26.0 Å². The molecule has 21 heavy (non-hydrogen) atoms. The van der Waals surface area contributed by atoms with Crippen LogP contribution in [0.4, 0.5) is 5.82 Å². The maximum Gasteiger partial charge on any atom is 0.152 e. The van der Waals surface area contributed by atoms with Gasteiger partial charge in [0.2, 0.25) is 0 Å². The Morgan fingerprint density at radius 2 is 2.29 bits per heavy atom. The van der Waals surface area contributed by atoms with Crippen molar-refractivity contribution in [3.63, 3.8) is 0 Å². The number of nitrogens with one attached hydrogen (secondary N) is 1. The van der Waals surface area contributed by atoms with Crippen LogP contribution in [0.2, 0.25) is 0 Å². The van der Waals surface area contributed by atoms with Gasteiger partial charge in [0.05, 0.1) is 24.4 Å². The van der Waals surface area contributed by atoms with Crippen LogP contribution in [-0.2, 0) is 11.3 Å². The molecule has 1 N–H and O–H groups in total. The molecule has 0 saturated carbocycles. The number of morpholine rings is 1. The maximum absolute atomic E-state index is 5.82. The summed E-state index contributed by atoms with van der Waals surface area (Å²) in [5.41, 5.74) is 2.23. The van der Waals surface area contributed by atoms with E-state index in [0.29, 0.717) is 6.04 Å². The summed E-state index contributed by atoms with van der Waals surface area (Å²) in [6, 6.07) is 6.56. The topological polar surface area (TPSA) is 41.8 Å². The van der Waals surface area contributed by atoms with E-state index in [1.165, 1.54) is 5.69 Å². The highest BCUT2D eigenvalue weighted by atomic mass is 16.5. The minimum Gasteiger partial charge on any atom is -0.375 e. The molecule has 3 heterocycles. The molecule has 2 aromatic heterocycles. The molecule has 0 aliphatic carbocycles. The maximum atomic E-state index is 5.82. The van der Waals surface area contributed by atoms with Crippen LogP contribution in [0, 0.1) is 0 Å². The van der Waals surface area contributed by atoms with Crippen LogP contribution in [0.3, 0.4) is 0 Å². The smallest absolute Gasteiger partial charge is 0.152 e. The van der Waals surface area contributed by atoms with Crippen molar-refractivity contribution in [1.82, 2.24) is 14.7 Å². The van der Waals surface area contributed by atoms with Gasteiger partial charge in [-0.25, -0.2) is 4.98 Å². The molecule has 114 valence electrons. The molecule has 5 heteroatoms. The van der Waals surface area contributed by atoms with E-state index in [0.717, 1.165) is 37.6 Å². The standard InChI is InChI=1S/C16H24N4O/c1-4-13-11-21-12(2)10-20(13)16-14(9-17-3)19-8-6-5-7-15(19)18-16/h5-8,12-13,17H,4,9-11H2,1-3H3. The van der Waals surface area contributed by atoms with Gasteiger partial charge in [0.1, 0.15) is 5.65 Å². The van der Waals surface area contributed by atoms with E-state index in [1.807, 2.05) is 13.1 Å². The molecule has 1 aliphatic heterocycles. The molecule has 2 atom stereocenters. The molecular formula is C16H24N4O. The second-order valence-electron chi connectivity index (χ2n) is 5.70. The average molecular weight is 288 g/mol. The van der Waals surface area contributed by atoms with E-state index in [2.05, 4.69) is 46.8 Å². The van der Waals surface area contributed by atoms with Crippen molar-refractivity contribution in [2.45, 2.75) is 39.0 Å². The summed E-state index contributed by atoms with van der Waals surface area (Å²) in [6.45, 7) is 6.84. The fourth-order valence-electron chi connectivity index (χ4n) is 3.04. The fraction of sp³-hybridized carbons (Fsp3) is 0.562. The van der Waals surface area contributed by atoms with E-state index < -0.39 is 0 Å². The lowest BCUT2D eigenvalue weighted by atomic mass is 10.1. The van der Waals surface area contributed by atoms with Crippen molar-refractivity contribution in [1.29, 1.82) is 0 Å². The highest BCUT2D eigenvalue weighted by Gasteiger charge is 2.29. The van der Waals surface area contributed by atoms with Crippen LogP contribution in [0.15, 0.2) is 24.4 Å². The van der Waals surface area contributed by atoms with Crippen molar-refractivity contribution in [3.05, 3.63) is 30.1 Å². The predicted molar refractivity (Wildman–Crippen MR) is 84.8 cm³/mol. The SMILES string of the molecule is CCC1COC(C)CN1c1nc2ccccn2c1CNC. The first-order valence-corrected chi connectivity index (χ1v) is 7.73. The highest BCUT2D eigenvalue weighted by Crippen LogP contribution is 2.27. The van der Waals surface area contributed by atoms with E-state index in [9.17, 15) is 0 Å². The number of aromatic nitrogens is 2. The number of rotatable bonds is 4. The normalized spacial score (nSPS) is 22.9. The molecular weight excluding hydrogens is 264 g/mol. The lowest BCUT2D eigenvalue weighted by Gasteiger charge is -2.39. The summed E-state index contributed by atoms with van der Waals surface area (Å²) in [4.78, 5) is 7.31. The van der Waals surface area contributed by atoms with Crippen LogP contribution >= 0.6 is 0 Å². The van der Waals surface area contributed by atoms with Crippen molar-refractivity contribution in [3.8, 4) is 0 Å². The Bertz CT molecular complexity index is 609. The van der Waals surface area contributed by atoms with Gasteiger partial charge in [-0.3, -0.25) is 0 Å². The number of fused-ring (bicyclic) bond motifs is 1. The van der Waals surface area contributed by atoms with Gasteiger partial charge in [0.25, 0.3) is 0 Å². The van der Waals surface area contributed by atoms with Gasteiger partial charge >= 0.3 is 0 Å². The van der Waals surface area contributed by atoms with Crippen molar-refractivity contribution in [2.24, 2.45) is 0 Å². The van der Waals surface area contributed by atoms with Gasteiger partial charge in [-0.05, 0) is 32.5 Å². The van der Waals surface area contributed by atoms with Gasteiger partial charge in [-0.1, -0.05) is 13.0 Å². The summed E-state index contributed by atoms with van der Waals surface area (Å²) in [6.07, 6.45) is 3.41. The van der Waals surface area contributed by atoms with E-state index in [4.69, 9.17) is 9.72 Å². The Morgan fingerprint density at radius 3 is 3.05 bits per heavy atom. The van der Waals surface area contributed by atoms with Crippen molar-refractivity contribution < 1.29 is 4.74 Å². The molecule has 2 aromatic rings. The van der Waals surface area contributed by atoms with Crippen LogP contribution in [0.25, 0.3) is 5.65 Å². The Labute approximate surface area is 125 Å². The zero-order valence-corrected chi connectivity index (χ0v) is 13.0. The first-order valence-electron chi connectivity index (χ1n) is 7.73. The highest BCUT2D eigenvalue weighted by molar-refractivity contribution is 5.56. The number of ether oxygens (including phenoxy) is 1. The number of imidazole rings is 1. The van der Waals surface area contributed by atoms with Gasteiger partial charge in [-0.15, -0.1) is 0 Å². The molecule has 0 radical (unpaired) electrons. The number of hydrogen-bond donors (Lipinski definition) is 1. The van der Waals surface area contributed by atoms with E-state index in [1.54, 1.807) is 0 Å². The molecule has 0 bridgehead atoms. The molecule has 1 fully saturated rings. The van der Waals surface area contributed by atoms with Gasteiger partial charge in [0, 0.05) is 19.3 Å². The van der Waals surface area contributed by atoms with Crippen LogP contribution in [-0.4, -0.2) is 41.7 Å². The summed E-state index contributed by atoms with van der Waals surface area (Å²) in [5.74, 6) is 1.09. The summed E-state index contributed by atoms with van der Waals surface area (Å²) >= 11 is 0. The third kappa shape index (κ3) is 2.63. The van der Waals surface area contributed by atoms with E-state index in [-0.39, 0.29) is 6.10 Å². The number of pyridine rings is 1. The molecule has 0 spiro atoms. The lowest BCUT2D eigenvalue weighted by Crippen LogP contribution is -2.49.